The summed E-state index contributed by atoms with van der Waals surface area (Å²) < 4.78 is 0.802. The Morgan fingerprint density at radius 3 is 2.87 bits per heavy atom. The molecule has 3 rings (SSSR count). The van der Waals surface area contributed by atoms with Gasteiger partial charge in [0.05, 0.1) is 17.2 Å². The summed E-state index contributed by atoms with van der Waals surface area (Å²) in [5.74, 6) is 0.340. The average molecular weight is 369 g/mol. The number of nitrogens with zero attached hydrogens (tertiary/aromatic N) is 2. The maximum absolute atomic E-state index is 12.2. The number of nitrogens with one attached hydrogen (secondary N) is 2. The van der Waals surface area contributed by atoms with Crippen molar-refractivity contribution in [3.63, 3.8) is 0 Å². The summed E-state index contributed by atoms with van der Waals surface area (Å²) in [5.41, 5.74) is 0. The van der Waals surface area contributed by atoms with E-state index in [1.54, 1.807) is 0 Å². The van der Waals surface area contributed by atoms with E-state index >= 15 is 0 Å². The van der Waals surface area contributed by atoms with E-state index in [1.807, 2.05) is 12.1 Å². The first-order chi connectivity index (χ1) is 11.1. The highest BCUT2D eigenvalue weighted by Crippen LogP contribution is 2.30. The molecule has 1 saturated carbocycles. The molecule has 6 nitrogen and oxygen atoms in total. The molecule has 23 heavy (non-hydrogen) atoms. The zero-order valence-corrected chi connectivity index (χ0v) is 14.9. The van der Waals surface area contributed by atoms with Crippen molar-refractivity contribution in [3.8, 4) is 0 Å². The fourth-order valence-corrected chi connectivity index (χ4v) is 4.45. The molecule has 122 valence electrons. The maximum Gasteiger partial charge on any atom is 0.217 e. The molecule has 1 amide bonds. The molecule has 2 aromatic rings. The first-order valence-corrected chi connectivity index (χ1v) is 9.81. The van der Waals surface area contributed by atoms with E-state index in [-0.39, 0.29) is 11.7 Å². The molecule has 0 aromatic carbocycles. The van der Waals surface area contributed by atoms with Crippen molar-refractivity contribution in [2.45, 2.75) is 36.7 Å². The topological polar surface area (TPSA) is 84.0 Å². The molecule has 0 saturated heterocycles. The maximum atomic E-state index is 12.2. The fourth-order valence-electron chi connectivity index (χ4n) is 1.76. The van der Waals surface area contributed by atoms with Crippen LogP contribution in [0.15, 0.2) is 16.5 Å². The van der Waals surface area contributed by atoms with Crippen LogP contribution in [-0.2, 0) is 11.3 Å². The molecule has 0 spiro atoms. The van der Waals surface area contributed by atoms with Gasteiger partial charge >= 0.3 is 0 Å². The molecule has 9 heteroatoms. The molecular formula is C14H16N4O2S3. The molecule has 0 atom stereocenters. The Morgan fingerprint density at radius 1 is 1.30 bits per heavy atom. The number of anilines is 1. The van der Waals surface area contributed by atoms with Gasteiger partial charge in [-0.05, 0) is 25.0 Å². The van der Waals surface area contributed by atoms with Crippen molar-refractivity contribution in [1.82, 2.24) is 15.5 Å². The van der Waals surface area contributed by atoms with Crippen LogP contribution >= 0.6 is 34.4 Å². The van der Waals surface area contributed by atoms with Crippen LogP contribution in [0.1, 0.15) is 34.3 Å². The van der Waals surface area contributed by atoms with Crippen LogP contribution in [0.4, 0.5) is 5.13 Å². The van der Waals surface area contributed by atoms with E-state index in [9.17, 15) is 9.59 Å². The van der Waals surface area contributed by atoms with Crippen molar-refractivity contribution in [2.24, 2.45) is 0 Å². The number of carbonyl (C=O) groups excluding carboxylic acids is 2. The van der Waals surface area contributed by atoms with Crippen molar-refractivity contribution >= 4 is 51.3 Å². The van der Waals surface area contributed by atoms with E-state index in [2.05, 4.69) is 20.8 Å². The highest BCUT2D eigenvalue weighted by molar-refractivity contribution is 8.01. The van der Waals surface area contributed by atoms with E-state index in [0.29, 0.717) is 23.2 Å². The van der Waals surface area contributed by atoms with Crippen LogP contribution in [-0.4, -0.2) is 33.7 Å². The van der Waals surface area contributed by atoms with E-state index in [1.165, 1.54) is 54.2 Å². The number of Topliss-reactive ketones (excluding diaryl/α,β-unsaturated/α-hetero) is 1. The standard InChI is InChI=1S/C14H16N4O2S3/c1-8(19)15-6-10-4-5-12(22-10)11(20)7-21-14-18-17-13(23-14)16-9-2-3-9/h4-5,9H,2-3,6-7H2,1H3,(H,15,19)(H,16,17). The molecule has 0 radical (unpaired) electrons. The Hall–Kier alpha value is -1.45. The van der Waals surface area contributed by atoms with Crippen molar-refractivity contribution < 1.29 is 9.59 Å². The molecule has 1 aliphatic carbocycles. The summed E-state index contributed by atoms with van der Waals surface area (Å²) in [6.07, 6.45) is 2.39. The summed E-state index contributed by atoms with van der Waals surface area (Å²) in [5, 5.41) is 15.0. The minimum atomic E-state index is -0.0753. The van der Waals surface area contributed by atoms with Gasteiger partial charge in [0.2, 0.25) is 11.0 Å². The number of aromatic nitrogens is 2. The molecular weight excluding hydrogens is 352 g/mol. The van der Waals surface area contributed by atoms with Crippen molar-refractivity contribution in [1.29, 1.82) is 0 Å². The van der Waals surface area contributed by atoms with Gasteiger partial charge in [-0.25, -0.2) is 0 Å². The summed E-state index contributed by atoms with van der Waals surface area (Å²) in [7, 11) is 0. The predicted molar refractivity (Wildman–Crippen MR) is 93.4 cm³/mol. The quantitative estimate of drug-likeness (QED) is 0.551. The third kappa shape index (κ3) is 5.02. The van der Waals surface area contributed by atoms with Crippen molar-refractivity contribution in [2.75, 3.05) is 11.1 Å². The van der Waals surface area contributed by atoms with Gasteiger partial charge < -0.3 is 10.6 Å². The number of ketones is 1. The lowest BCUT2D eigenvalue weighted by molar-refractivity contribution is -0.119. The number of thiophene rings is 1. The lowest BCUT2D eigenvalue weighted by atomic mass is 10.3. The molecule has 0 aliphatic heterocycles. The SMILES string of the molecule is CC(=O)NCc1ccc(C(=O)CSc2nnc(NC3CC3)s2)s1. The second-order valence-corrected chi connectivity index (χ2v) is 8.55. The van der Waals surface area contributed by atoms with Crippen LogP contribution in [0.3, 0.4) is 0 Å². The minimum absolute atomic E-state index is 0.0703. The van der Waals surface area contributed by atoms with Crippen LogP contribution in [0.2, 0.25) is 0 Å². The predicted octanol–water partition coefficient (Wildman–Crippen LogP) is 2.79. The van der Waals surface area contributed by atoms with Gasteiger partial charge in [-0.1, -0.05) is 23.1 Å². The summed E-state index contributed by atoms with van der Waals surface area (Å²) in [6.45, 7) is 1.94. The average Bonchev–Trinajstić information content (AvgIpc) is 3.02. The number of amides is 1. The molecule has 1 aliphatic rings. The Labute approximate surface area is 146 Å². The Bertz CT molecular complexity index is 708. The first-order valence-electron chi connectivity index (χ1n) is 7.19. The summed E-state index contributed by atoms with van der Waals surface area (Å²) in [6, 6.07) is 4.24. The number of hydrogen-bond donors (Lipinski definition) is 2. The first kappa shape index (κ1) is 16.4. The monoisotopic (exact) mass is 368 g/mol. The van der Waals surface area contributed by atoms with Crippen LogP contribution in [0.5, 0.6) is 0 Å². The number of thioether (sulfide) groups is 1. The lowest BCUT2D eigenvalue weighted by Crippen LogP contribution is -2.18. The van der Waals surface area contributed by atoms with Gasteiger partial charge in [0.25, 0.3) is 0 Å². The van der Waals surface area contributed by atoms with Crippen LogP contribution in [0.25, 0.3) is 0 Å². The third-order valence-electron chi connectivity index (χ3n) is 3.09. The van der Waals surface area contributed by atoms with E-state index in [0.717, 1.165) is 14.3 Å². The van der Waals surface area contributed by atoms with E-state index < -0.39 is 0 Å². The zero-order valence-electron chi connectivity index (χ0n) is 12.5. The smallest absolute Gasteiger partial charge is 0.217 e. The highest BCUT2D eigenvalue weighted by atomic mass is 32.2. The van der Waals surface area contributed by atoms with Gasteiger partial charge in [-0.2, -0.15) is 0 Å². The summed E-state index contributed by atoms with van der Waals surface area (Å²) >= 11 is 4.32. The van der Waals surface area contributed by atoms with Gasteiger partial charge in [-0.15, -0.1) is 21.5 Å². The van der Waals surface area contributed by atoms with E-state index in [4.69, 9.17) is 0 Å². The van der Waals surface area contributed by atoms with Gasteiger partial charge in [-0.3, -0.25) is 9.59 Å². The van der Waals surface area contributed by atoms with Gasteiger partial charge in [0, 0.05) is 17.8 Å². The number of rotatable bonds is 8. The van der Waals surface area contributed by atoms with Gasteiger partial charge in [0.1, 0.15) is 0 Å². The molecule has 0 unspecified atom stereocenters. The Balaban J connectivity index is 1.48. The molecule has 2 N–H and O–H groups in total. The Morgan fingerprint density at radius 2 is 2.13 bits per heavy atom. The normalized spacial score (nSPS) is 13.8. The minimum Gasteiger partial charge on any atom is -0.357 e. The lowest BCUT2D eigenvalue weighted by Gasteiger charge is -1.98. The van der Waals surface area contributed by atoms with Crippen LogP contribution < -0.4 is 10.6 Å². The largest absolute Gasteiger partial charge is 0.357 e. The molecule has 2 heterocycles. The Kier molecular flexibility index (Phi) is 5.29. The third-order valence-corrected chi connectivity index (χ3v) is 6.20. The molecule has 1 fully saturated rings. The molecule has 2 aromatic heterocycles. The number of hydrogen-bond acceptors (Lipinski definition) is 8. The van der Waals surface area contributed by atoms with Gasteiger partial charge in [0.15, 0.2) is 10.1 Å². The highest BCUT2D eigenvalue weighted by Gasteiger charge is 2.22. The second-order valence-electron chi connectivity index (χ2n) is 5.18. The zero-order chi connectivity index (χ0) is 16.2. The summed E-state index contributed by atoms with van der Waals surface area (Å²) in [4.78, 5) is 24.8. The fraction of sp³-hybridized carbons (Fsp3) is 0.429. The molecule has 0 bridgehead atoms. The van der Waals surface area contributed by atoms with Crippen molar-refractivity contribution in [3.05, 3.63) is 21.9 Å². The second kappa shape index (κ2) is 7.41. The van der Waals surface area contributed by atoms with Crippen LogP contribution in [0, 0.1) is 0 Å². The number of carbonyl (C=O) groups is 2.